The third-order valence-corrected chi connectivity index (χ3v) is 2.69. The highest BCUT2D eigenvalue weighted by molar-refractivity contribution is 6.31. The van der Waals surface area contributed by atoms with E-state index in [1.165, 1.54) is 0 Å². The molecule has 1 atom stereocenters. The van der Waals surface area contributed by atoms with E-state index in [2.05, 4.69) is 5.32 Å². The van der Waals surface area contributed by atoms with Crippen LogP contribution in [0.5, 0.6) is 0 Å². The number of carbonyl (C=O) groups excluding carboxylic acids is 1. The van der Waals surface area contributed by atoms with Crippen LogP contribution in [0.15, 0.2) is 18.2 Å². The van der Waals surface area contributed by atoms with E-state index in [1.807, 2.05) is 19.1 Å². The lowest BCUT2D eigenvalue weighted by Crippen LogP contribution is -2.19. The minimum Gasteiger partial charge on any atom is -0.326 e. The second-order valence-electron chi connectivity index (χ2n) is 3.72. The number of carbonyl (C=O) groups is 1. The number of nitrogens with zero attached hydrogens (tertiary/aromatic N) is 1. The van der Waals surface area contributed by atoms with Gasteiger partial charge in [-0.25, -0.2) is 0 Å². The second-order valence-corrected chi connectivity index (χ2v) is 4.12. The first-order valence-electron chi connectivity index (χ1n) is 4.98. The lowest BCUT2D eigenvalue weighted by Gasteiger charge is -2.09. The molecule has 0 aliphatic heterocycles. The van der Waals surface area contributed by atoms with Crippen molar-refractivity contribution < 1.29 is 4.79 Å². The average Bonchev–Trinajstić information content (AvgIpc) is 2.24. The zero-order valence-electron chi connectivity index (χ0n) is 9.25. The van der Waals surface area contributed by atoms with Gasteiger partial charge in [-0.1, -0.05) is 24.6 Å². The first kappa shape index (κ1) is 12.5. The Balaban J connectivity index is 2.70. The van der Waals surface area contributed by atoms with Gasteiger partial charge in [0.25, 0.3) is 0 Å². The molecule has 0 fully saturated rings. The minimum atomic E-state index is -0.315. The molecule has 1 unspecified atom stereocenters. The molecule has 84 valence electrons. The molecule has 0 saturated carbocycles. The van der Waals surface area contributed by atoms with Crippen molar-refractivity contribution in [1.82, 2.24) is 0 Å². The Labute approximate surface area is 100 Å². The molecule has 1 aromatic rings. The molecule has 0 bridgehead atoms. The van der Waals surface area contributed by atoms with Gasteiger partial charge in [0.15, 0.2) is 0 Å². The van der Waals surface area contributed by atoms with Crippen LogP contribution in [0.25, 0.3) is 0 Å². The van der Waals surface area contributed by atoms with Crippen LogP contribution in [0.2, 0.25) is 5.02 Å². The SMILES string of the molecule is Cc1ccc(NC(=O)C(C)CC#N)cc1Cl. The number of hydrogen-bond acceptors (Lipinski definition) is 2. The highest BCUT2D eigenvalue weighted by atomic mass is 35.5. The lowest BCUT2D eigenvalue weighted by atomic mass is 10.1. The number of anilines is 1. The second kappa shape index (κ2) is 5.53. The van der Waals surface area contributed by atoms with E-state index in [0.29, 0.717) is 10.7 Å². The molecule has 0 aromatic heterocycles. The van der Waals surface area contributed by atoms with Gasteiger partial charge in [0.05, 0.1) is 6.07 Å². The molecule has 0 radical (unpaired) electrons. The van der Waals surface area contributed by atoms with Crippen molar-refractivity contribution in [3.8, 4) is 6.07 Å². The fraction of sp³-hybridized carbons (Fsp3) is 0.333. The average molecular weight is 237 g/mol. The molecule has 1 N–H and O–H groups in total. The normalized spacial score (nSPS) is 11.6. The topological polar surface area (TPSA) is 52.9 Å². The Hall–Kier alpha value is -1.53. The van der Waals surface area contributed by atoms with Gasteiger partial charge in [-0.05, 0) is 24.6 Å². The summed E-state index contributed by atoms with van der Waals surface area (Å²) in [7, 11) is 0. The molecule has 0 spiro atoms. The Morgan fingerprint density at radius 1 is 1.62 bits per heavy atom. The Bertz CT molecular complexity index is 437. The largest absolute Gasteiger partial charge is 0.326 e. The first-order chi connectivity index (χ1) is 7.54. The van der Waals surface area contributed by atoms with Crippen LogP contribution in [-0.2, 0) is 4.79 Å². The highest BCUT2D eigenvalue weighted by Crippen LogP contribution is 2.20. The van der Waals surface area contributed by atoms with Crippen LogP contribution in [0.3, 0.4) is 0 Å². The fourth-order valence-electron chi connectivity index (χ4n) is 1.17. The first-order valence-corrected chi connectivity index (χ1v) is 5.36. The van der Waals surface area contributed by atoms with E-state index in [9.17, 15) is 4.79 Å². The Kier molecular flexibility index (Phi) is 4.33. The Morgan fingerprint density at radius 2 is 2.31 bits per heavy atom. The van der Waals surface area contributed by atoms with Crippen LogP contribution in [0.4, 0.5) is 5.69 Å². The van der Waals surface area contributed by atoms with Crippen LogP contribution in [0, 0.1) is 24.2 Å². The zero-order chi connectivity index (χ0) is 12.1. The molecule has 0 aliphatic carbocycles. The predicted molar refractivity (Wildman–Crippen MR) is 64.2 cm³/mol. The summed E-state index contributed by atoms with van der Waals surface area (Å²) in [6, 6.07) is 7.30. The van der Waals surface area contributed by atoms with Crippen molar-refractivity contribution >= 4 is 23.2 Å². The molecular formula is C12H13ClN2O. The van der Waals surface area contributed by atoms with Gasteiger partial charge in [-0.2, -0.15) is 5.26 Å². The number of amides is 1. The molecule has 1 amide bonds. The standard InChI is InChI=1S/C12H13ClN2O/c1-8-3-4-10(7-11(8)13)15-12(16)9(2)5-6-14/h3-4,7,9H,5H2,1-2H3,(H,15,16). The van der Waals surface area contributed by atoms with Gasteiger partial charge >= 0.3 is 0 Å². The Morgan fingerprint density at radius 3 is 2.88 bits per heavy atom. The van der Waals surface area contributed by atoms with Gasteiger partial charge in [-0.15, -0.1) is 0 Å². The van der Waals surface area contributed by atoms with Gasteiger partial charge in [0, 0.05) is 23.0 Å². The summed E-state index contributed by atoms with van der Waals surface area (Å²) in [6.45, 7) is 3.61. The highest BCUT2D eigenvalue weighted by Gasteiger charge is 2.12. The van der Waals surface area contributed by atoms with Crippen molar-refractivity contribution in [3.05, 3.63) is 28.8 Å². The zero-order valence-corrected chi connectivity index (χ0v) is 10.0. The number of benzene rings is 1. The van der Waals surface area contributed by atoms with E-state index in [4.69, 9.17) is 16.9 Å². The maximum Gasteiger partial charge on any atom is 0.228 e. The molecule has 3 nitrogen and oxygen atoms in total. The van der Waals surface area contributed by atoms with Crippen LogP contribution >= 0.6 is 11.6 Å². The van der Waals surface area contributed by atoms with Gasteiger partial charge in [0.2, 0.25) is 5.91 Å². The van der Waals surface area contributed by atoms with Crippen molar-refractivity contribution in [2.45, 2.75) is 20.3 Å². The summed E-state index contributed by atoms with van der Waals surface area (Å²) < 4.78 is 0. The number of nitriles is 1. The minimum absolute atomic E-state index is 0.165. The van der Waals surface area contributed by atoms with Crippen LogP contribution in [0.1, 0.15) is 18.9 Å². The molecule has 0 saturated heterocycles. The van der Waals surface area contributed by atoms with Crippen LogP contribution in [-0.4, -0.2) is 5.91 Å². The molecule has 0 aliphatic rings. The lowest BCUT2D eigenvalue weighted by molar-refractivity contribution is -0.119. The van der Waals surface area contributed by atoms with Crippen molar-refractivity contribution in [3.63, 3.8) is 0 Å². The van der Waals surface area contributed by atoms with Crippen molar-refractivity contribution in [1.29, 1.82) is 5.26 Å². The van der Waals surface area contributed by atoms with Crippen molar-refractivity contribution in [2.75, 3.05) is 5.32 Å². The predicted octanol–water partition coefficient (Wildman–Crippen LogP) is 3.14. The fourth-order valence-corrected chi connectivity index (χ4v) is 1.35. The van der Waals surface area contributed by atoms with E-state index in [-0.39, 0.29) is 18.2 Å². The molecule has 4 heteroatoms. The van der Waals surface area contributed by atoms with Crippen LogP contribution < -0.4 is 5.32 Å². The van der Waals surface area contributed by atoms with Gasteiger partial charge in [-0.3, -0.25) is 4.79 Å². The van der Waals surface area contributed by atoms with E-state index < -0.39 is 0 Å². The number of nitrogens with one attached hydrogen (secondary N) is 1. The molecular weight excluding hydrogens is 224 g/mol. The van der Waals surface area contributed by atoms with E-state index in [1.54, 1.807) is 19.1 Å². The summed E-state index contributed by atoms with van der Waals surface area (Å²) in [5, 5.41) is 11.8. The molecule has 16 heavy (non-hydrogen) atoms. The number of halogens is 1. The summed E-state index contributed by atoms with van der Waals surface area (Å²) in [5.41, 5.74) is 1.62. The smallest absolute Gasteiger partial charge is 0.228 e. The third kappa shape index (κ3) is 3.25. The quantitative estimate of drug-likeness (QED) is 0.877. The molecule has 1 aromatic carbocycles. The van der Waals surface area contributed by atoms with Crippen molar-refractivity contribution in [2.24, 2.45) is 5.92 Å². The number of rotatable bonds is 3. The summed E-state index contributed by atoms with van der Waals surface area (Å²) in [6.07, 6.45) is 0.214. The number of aryl methyl sites for hydroxylation is 1. The van der Waals surface area contributed by atoms with Gasteiger partial charge in [0.1, 0.15) is 0 Å². The molecule has 0 heterocycles. The van der Waals surface area contributed by atoms with Gasteiger partial charge < -0.3 is 5.32 Å². The monoisotopic (exact) mass is 236 g/mol. The van der Waals surface area contributed by atoms with E-state index in [0.717, 1.165) is 5.56 Å². The number of hydrogen-bond donors (Lipinski definition) is 1. The summed E-state index contributed by atoms with van der Waals surface area (Å²) in [5.74, 6) is -0.480. The molecule has 1 rings (SSSR count). The maximum atomic E-state index is 11.6. The summed E-state index contributed by atoms with van der Waals surface area (Å²) >= 11 is 5.93. The third-order valence-electron chi connectivity index (χ3n) is 2.28. The summed E-state index contributed by atoms with van der Waals surface area (Å²) in [4.78, 5) is 11.6. The maximum absolute atomic E-state index is 11.6. The van der Waals surface area contributed by atoms with E-state index >= 15 is 0 Å².